The Morgan fingerprint density at radius 3 is 1.67 bits per heavy atom. The molecule has 1 amide bonds. The summed E-state index contributed by atoms with van der Waals surface area (Å²) in [6, 6.07) is 0. The number of nitrogens with zero attached hydrogens (tertiary/aromatic N) is 1. The lowest BCUT2D eigenvalue weighted by Crippen LogP contribution is -2.48. The summed E-state index contributed by atoms with van der Waals surface area (Å²) in [4.78, 5) is 14.8. The first-order valence-corrected chi connectivity index (χ1v) is 13.3. The van der Waals surface area contributed by atoms with Gasteiger partial charge in [-0.1, -0.05) is 98.8 Å². The molecular formula is C27H54N2O. The van der Waals surface area contributed by atoms with E-state index in [-0.39, 0.29) is 12.1 Å². The first-order valence-electron chi connectivity index (χ1n) is 13.3. The molecule has 1 aliphatic heterocycles. The van der Waals surface area contributed by atoms with E-state index in [9.17, 15) is 4.79 Å². The summed E-state index contributed by atoms with van der Waals surface area (Å²) in [5.74, 6) is 3.30. The summed E-state index contributed by atoms with van der Waals surface area (Å²) >= 11 is 0. The van der Waals surface area contributed by atoms with Gasteiger partial charge in [-0.15, -0.1) is 0 Å². The van der Waals surface area contributed by atoms with Gasteiger partial charge in [0.05, 0.1) is 6.17 Å². The second kappa shape index (κ2) is 16.1. The van der Waals surface area contributed by atoms with Gasteiger partial charge in [0, 0.05) is 19.5 Å². The van der Waals surface area contributed by atoms with Crippen molar-refractivity contribution in [1.29, 1.82) is 0 Å². The first kappa shape index (κ1) is 27.5. The molecule has 3 heteroatoms. The van der Waals surface area contributed by atoms with Crippen molar-refractivity contribution >= 4 is 5.91 Å². The summed E-state index contributed by atoms with van der Waals surface area (Å²) < 4.78 is 0. The molecule has 1 aliphatic rings. The summed E-state index contributed by atoms with van der Waals surface area (Å²) in [5.41, 5.74) is 0. The number of nitrogens with one attached hydrogen (secondary N) is 1. The molecule has 0 aromatic carbocycles. The van der Waals surface area contributed by atoms with Crippen molar-refractivity contribution in [2.75, 3.05) is 13.1 Å². The highest BCUT2D eigenvalue weighted by Crippen LogP contribution is 2.22. The Kier molecular flexibility index (Phi) is 14.8. The molecule has 0 aromatic heterocycles. The van der Waals surface area contributed by atoms with Crippen molar-refractivity contribution in [3.8, 4) is 0 Å². The van der Waals surface area contributed by atoms with Crippen LogP contribution >= 0.6 is 0 Å². The number of likely N-dealkylation sites (tertiary alicyclic amines) is 1. The summed E-state index contributed by atoms with van der Waals surface area (Å²) in [6.07, 6.45) is 16.9. The predicted molar refractivity (Wildman–Crippen MR) is 132 cm³/mol. The number of hydrogen-bond donors (Lipinski definition) is 1. The van der Waals surface area contributed by atoms with Gasteiger partial charge in [-0.2, -0.15) is 0 Å². The molecule has 1 rings (SSSR count). The third-order valence-corrected chi connectivity index (χ3v) is 7.11. The second-order valence-corrected chi connectivity index (χ2v) is 11.0. The molecule has 1 fully saturated rings. The largest absolute Gasteiger partial charge is 0.341 e. The lowest BCUT2D eigenvalue weighted by molar-refractivity contribution is -0.123. The molecule has 0 aliphatic carbocycles. The quantitative estimate of drug-likeness (QED) is 0.281. The Labute approximate surface area is 189 Å². The van der Waals surface area contributed by atoms with Gasteiger partial charge in [-0.05, 0) is 43.4 Å². The van der Waals surface area contributed by atoms with Gasteiger partial charge in [-0.25, -0.2) is 0 Å². The van der Waals surface area contributed by atoms with Crippen molar-refractivity contribution in [2.24, 2.45) is 23.7 Å². The molecule has 178 valence electrons. The highest BCUT2D eigenvalue weighted by molar-refractivity contribution is 5.76. The molecule has 1 saturated heterocycles. The Bertz CT molecular complexity index is 431. The van der Waals surface area contributed by atoms with Crippen LogP contribution in [0.5, 0.6) is 0 Å². The Morgan fingerprint density at radius 1 is 0.700 bits per heavy atom. The Hall–Kier alpha value is -0.570. The van der Waals surface area contributed by atoms with E-state index in [0.29, 0.717) is 12.3 Å². The predicted octanol–water partition coefficient (Wildman–Crippen LogP) is 7.40. The maximum absolute atomic E-state index is 12.4. The van der Waals surface area contributed by atoms with E-state index >= 15 is 0 Å². The lowest BCUT2D eigenvalue weighted by atomic mass is 9.90. The van der Waals surface area contributed by atoms with E-state index in [4.69, 9.17) is 0 Å². The second-order valence-electron chi connectivity index (χ2n) is 11.0. The van der Waals surface area contributed by atoms with Crippen molar-refractivity contribution in [1.82, 2.24) is 10.2 Å². The summed E-state index contributed by atoms with van der Waals surface area (Å²) in [7, 11) is 0. The highest BCUT2D eigenvalue weighted by atomic mass is 16.1. The van der Waals surface area contributed by atoms with Gasteiger partial charge >= 0.3 is 0 Å². The average Bonchev–Trinajstić information content (AvgIpc) is 2.68. The third-order valence-electron chi connectivity index (χ3n) is 7.11. The highest BCUT2D eigenvalue weighted by Gasteiger charge is 2.19. The molecule has 0 bridgehead atoms. The number of hydrogen-bond acceptors (Lipinski definition) is 2. The molecule has 0 spiro atoms. The molecule has 0 saturated carbocycles. The van der Waals surface area contributed by atoms with Crippen LogP contribution in [0.25, 0.3) is 0 Å². The SMILES string of the molecule is CC(C)CCCC(C)CCCC(C)CCCC(C)CC(=O)NC(C)N1CCCCC1. The van der Waals surface area contributed by atoms with E-state index in [2.05, 4.69) is 51.8 Å². The van der Waals surface area contributed by atoms with Gasteiger partial charge in [0.25, 0.3) is 0 Å². The standard InChI is InChI=1S/C27H54N2O/c1-22(2)13-10-14-23(3)15-11-16-24(4)17-12-18-25(5)21-27(30)28-26(6)29-19-8-7-9-20-29/h22-26H,7-21H2,1-6H3,(H,28,30). The number of carbonyl (C=O) groups is 1. The normalized spacial score (nSPS) is 19.4. The van der Waals surface area contributed by atoms with E-state index in [1.807, 2.05) is 0 Å². The van der Waals surface area contributed by atoms with Crippen molar-refractivity contribution in [2.45, 2.75) is 131 Å². The Balaban J connectivity index is 2.05. The number of rotatable bonds is 16. The van der Waals surface area contributed by atoms with E-state index in [1.165, 1.54) is 77.0 Å². The third kappa shape index (κ3) is 13.7. The van der Waals surface area contributed by atoms with Crippen LogP contribution in [0.15, 0.2) is 0 Å². The van der Waals surface area contributed by atoms with Crippen LogP contribution in [0.1, 0.15) is 125 Å². The molecule has 3 nitrogen and oxygen atoms in total. The summed E-state index contributed by atoms with van der Waals surface area (Å²) in [5, 5.41) is 3.23. The number of carbonyl (C=O) groups excluding carboxylic acids is 1. The fourth-order valence-corrected chi connectivity index (χ4v) is 4.90. The molecule has 1 heterocycles. The zero-order valence-electron chi connectivity index (χ0n) is 21.3. The molecule has 0 radical (unpaired) electrons. The maximum Gasteiger partial charge on any atom is 0.221 e. The molecule has 1 N–H and O–H groups in total. The average molecular weight is 423 g/mol. The van der Waals surface area contributed by atoms with Gasteiger partial charge in [0.15, 0.2) is 0 Å². The van der Waals surface area contributed by atoms with Gasteiger partial charge in [-0.3, -0.25) is 9.69 Å². The number of amides is 1. The van der Waals surface area contributed by atoms with Crippen molar-refractivity contribution in [3.05, 3.63) is 0 Å². The molecule has 4 unspecified atom stereocenters. The first-order chi connectivity index (χ1) is 14.3. The fraction of sp³-hybridized carbons (Fsp3) is 0.963. The van der Waals surface area contributed by atoms with Crippen molar-refractivity contribution in [3.63, 3.8) is 0 Å². The van der Waals surface area contributed by atoms with Crippen LogP contribution in [-0.2, 0) is 4.79 Å². The van der Waals surface area contributed by atoms with Crippen LogP contribution < -0.4 is 5.32 Å². The van der Waals surface area contributed by atoms with Crippen molar-refractivity contribution < 1.29 is 4.79 Å². The molecule has 0 aromatic rings. The van der Waals surface area contributed by atoms with E-state index in [0.717, 1.165) is 30.8 Å². The smallest absolute Gasteiger partial charge is 0.221 e. The number of piperidine rings is 1. The topological polar surface area (TPSA) is 32.3 Å². The summed E-state index contributed by atoms with van der Waals surface area (Å²) in [6.45, 7) is 16.2. The fourth-order valence-electron chi connectivity index (χ4n) is 4.90. The minimum Gasteiger partial charge on any atom is -0.341 e. The van der Waals surface area contributed by atoms with Crippen LogP contribution in [0.2, 0.25) is 0 Å². The minimum absolute atomic E-state index is 0.192. The van der Waals surface area contributed by atoms with Crippen LogP contribution in [0.4, 0.5) is 0 Å². The monoisotopic (exact) mass is 422 g/mol. The minimum atomic E-state index is 0.192. The van der Waals surface area contributed by atoms with Crippen LogP contribution in [0.3, 0.4) is 0 Å². The van der Waals surface area contributed by atoms with E-state index < -0.39 is 0 Å². The van der Waals surface area contributed by atoms with E-state index in [1.54, 1.807) is 0 Å². The zero-order chi connectivity index (χ0) is 22.4. The van der Waals surface area contributed by atoms with Crippen LogP contribution in [-0.4, -0.2) is 30.1 Å². The molecule has 30 heavy (non-hydrogen) atoms. The Morgan fingerprint density at radius 2 is 1.17 bits per heavy atom. The van der Waals surface area contributed by atoms with Gasteiger partial charge in [0.2, 0.25) is 5.91 Å². The molecular weight excluding hydrogens is 368 g/mol. The maximum atomic E-state index is 12.4. The van der Waals surface area contributed by atoms with Crippen LogP contribution in [0, 0.1) is 23.7 Å². The lowest BCUT2D eigenvalue weighted by Gasteiger charge is -2.32. The van der Waals surface area contributed by atoms with Gasteiger partial charge < -0.3 is 5.32 Å². The molecule has 4 atom stereocenters. The van der Waals surface area contributed by atoms with Gasteiger partial charge in [0.1, 0.15) is 0 Å². The zero-order valence-corrected chi connectivity index (χ0v) is 21.3.